The number of benzene rings is 2. The molecule has 0 spiro atoms. The highest BCUT2D eigenvalue weighted by atomic mass is 16.8. The molecule has 178 valence electrons. The van der Waals surface area contributed by atoms with E-state index in [4.69, 9.17) is 14.2 Å². The molecule has 3 atom stereocenters. The highest BCUT2D eigenvalue weighted by molar-refractivity contribution is 5.70. The molecule has 1 fully saturated rings. The zero-order valence-electron chi connectivity index (χ0n) is 20.5. The number of ether oxygens (including phenoxy) is 3. The lowest BCUT2D eigenvalue weighted by Crippen LogP contribution is -2.48. The van der Waals surface area contributed by atoms with E-state index in [-0.39, 0.29) is 30.6 Å². The van der Waals surface area contributed by atoms with Gasteiger partial charge in [0.25, 0.3) is 0 Å². The lowest BCUT2D eigenvalue weighted by Gasteiger charge is -2.36. The molecule has 0 aromatic heterocycles. The first kappa shape index (κ1) is 25.2. The molecule has 33 heavy (non-hydrogen) atoms. The zero-order valence-corrected chi connectivity index (χ0v) is 20.5. The van der Waals surface area contributed by atoms with Crippen molar-refractivity contribution in [1.29, 1.82) is 0 Å². The smallest absolute Gasteiger partial charge is 0.308 e. The number of rotatable bonds is 9. The molecule has 5 nitrogen and oxygen atoms in total. The first-order valence-corrected chi connectivity index (χ1v) is 11.6. The summed E-state index contributed by atoms with van der Waals surface area (Å²) >= 11 is 0. The van der Waals surface area contributed by atoms with Gasteiger partial charge in [-0.2, -0.15) is 0 Å². The van der Waals surface area contributed by atoms with Crippen molar-refractivity contribution in [3.8, 4) is 0 Å². The molecule has 0 amide bonds. The van der Waals surface area contributed by atoms with Gasteiger partial charge < -0.3 is 14.2 Å². The van der Waals surface area contributed by atoms with Crippen LogP contribution in [0.25, 0.3) is 0 Å². The molecule has 0 radical (unpaired) electrons. The SMILES string of the molecule is C=C[C@H]1OC(C)(C)O[C@H]1[C@@H](CC(=O)OC(C)(C)C)N(Cc1ccccc1)Cc1ccccc1. The van der Waals surface area contributed by atoms with Crippen LogP contribution in [0, 0.1) is 0 Å². The van der Waals surface area contributed by atoms with Gasteiger partial charge in [0.05, 0.1) is 12.5 Å². The van der Waals surface area contributed by atoms with Gasteiger partial charge in [0.2, 0.25) is 0 Å². The molecule has 1 saturated heterocycles. The van der Waals surface area contributed by atoms with Crippen LogP contribution in [-0.2, 0) is 32.1 Å². The summed E-state index contributed by atoms with van der Waals surface area (Å²) in [5, 5.41) is 0. The molecule has 0 N–H and O–H groups in total. The van der Waals surface area contributed by atoms with Crippen molar-refractivity contribution in [2.24, 2.45) is 0 Å². The lowest BCUT2D eigenvalue weighted by atomic mass is 9.98. The Labute approximate surface area is 198 Å². The molecule has 2 aromatic carbocycles. The van der Waals surface area contributed by atoms with Crippen molar-refractivity contribution in [1.82, 2.24) is 4.90 Å². The van der Waals surface area contributed by atoms with E-state index in [0.29, 0.717) is 13.1 Å². The van der Waals surface area contributed by atoms with E-state index >= 15 is 0 Å². The third kappa shape index (κ3) is 7.53. The quantitative estimate of drug-likeness (QED) is 0.372. The van der Waals surface area contributed by atoms with Gasteiger partial charge in [0, 0.05) is 13.1 Å². The summed E-state index contributed by atoms with van der Waals surface area (Å²) in [7, 11) is 0. The van der Waals surface area contributed by atoms with Crippen molar-refractivity contribution < 1.29 is 19.0 Å². The van der Waals surface area contributed by atoms with Crippen LogP contribution < -0.4 is 0 Å². The highest BCUT2D eigenvalue weighted by Gasteiger charge is 2.46. The van der Waals surface area contributed by atoms with E-state index in [1.54, 1.807) is 6.08 Å². The second-order valence-corrected chi connectivity index (χ2v) is 10.0. The summed E-state index contributed by atoms with van der Waals surface area (Å²) in [6, 6.07) is 20.3. The Morgan fingerprint density at radius 2 is 1.55 bits per heavy atom. The minimum atomic E-state index is -0.763. The minimum Gasteiger partial charge on any atom is -0.460 e. The average molecular weight is 452 g/mol. The van der Waals surface area contributed by atoms with Crippen LogP contribution in [0.3, 0.4) is 0 Å². The fourth-order valence-electron chi connectivity index (χ4n) is 4.23. The topological polar surface area (TPSA) is 48.0 Å². The minimum absolute atomic E-state index is 0.186. The molecule has 0 saturated carbocycles. The van der Waals surface area contributed by atoms with Gasteiger partial charge in [-0.05, 0) is 45.7 Å². The van der Waals surface area contributed by atoms with E-state index < -0.39 is 11.4 Å². The summed E-state index contributed by atoms with van der Waals surface area (Å²) < 4.78 is 18.2. The number of hydrogen-bond acceptors (Lipinski definition) is 5. The Balaban J connectivity index is 1.97. The maximum atomic E-state index is 13.0. The normalized spacial score (nSPS) is 21.0. The molecule has 1 aliphatic rings. The maximum absolute atomic E-state index is 13.0. The summed E-state index contributed by atoms with van der Waals surface area (Å²) in [5.74, 6) is -1.02. The van der Waals surface area contributed by atoms with Crippen LogP contribution >= 0.6 is 0 Å². The summed E-state index contributed by atoms with van der Waals surface area (Å²) in [6.07, 6.45) is 1.26. The van der Waals surface area contributed by atoms with Crippen LogP contribution in [0.15, 0.2) is 73.3 Å². The lowest BCUT2D eigenvalue weighted by molar-refractivity contribution is -0.164. The van der Waals surface area contributed by atoms with E-state index in [1.807, 2.05) is 71.0 Å². The summed E-state index contributed by atoms with van der Waals surface area (Å²) in [6.45, 7) is 14.7. The Hall–Kier alpha value is -2.47. The molecule has 1 aliphatic heterocycles. The van der Waals surface area contributed by atoms with Gasteiger partial charge in [-0.25, -0.2) is 0 Å². The van der Waals surface area contributed by atoms with Crippen molar-refractivity contribution in [3.63, 3.8) is 0 Å². The van der Waals surface area contributed by atoms with Crippen LogP contribution in [0.4, 0.5) is 0 Å². The molecular formula is C28H37NO4. The predicted octanol–water partition coefficient (Wildman–Crippen LogP) is 5.50. The van der Waals surface area contributed by atoms with Crippen molar-refractivity contribution >= 4 is 5.97 Å². The number of carbonyl (C=O) groups is 1. The Bertz CT molecular complexity index is 863. The number of carbonyl (C=O) groups excluding carboxylic acids is 1. The van der Waals surface area contributed by atoms with E-state index in [2.05, 4.69) is 35.7 Å². The van der Waals surface area contributed by atoms with Crippen LogP contribution in [-0.4, -0.2) is 40.5 Å². The second kappa shape index (κ2) is 10.6. The van der Waals surface area contributed by atoms with Gasteiger partial charge in [0.15, 0.2) is 5.79 Å². The first-order chi connectivity index (χ1) is 15.6. The third-order valence-electron chi connectivity index (χ3n) is 5.50. The van der Waals surface area contributed by atoms with Crippen molar-refractivity contribution in [2.75, 3.05) is 0 Å². The van der Waals surface area contributed by atoms with Crippen LogP contribution in [0.1, 0.15) is 52.2 Å². The van der Waals surface area contributed by atoms with Crippen molar-refractivity contribution in [2.45, 2.75) is 83.8 Å². The van der Waals surface area contributed by atoms with E-state index in [9.17, 15) is 4.79 Å². The zero-order chi connectivity index (χ0) is 24.1. The largest absolute Gasteiger partial charge is 0.460 e. The molecule has 0 unspecified atom stereocenters. The first-order valence-electron chi connectivity index (χ1n) is 11.6. The van der Waals surface area contributed by atoms with Gasteiger partial charge in [-0.15, -0.1) is 6.58 Å². The number of esters is 1. The Kier molecular flexibility index (Phi) is 8.11. The molecule has 3 rings (SSSR count). The molecular weight excluding hydrogens is 414 g/mol. The van der Waals surface area contributed by atoms with Gasteiger partial charge >= 0.3 is 5.97 Å². The Morgan fingerprint density at radius 3 is 2.00 bits per heavy atom. The van der Waals surface area contributed by atoms with Gasteiger partial charge in [-0.1, -0.05) is 66.7 Å². The standard InChI is InChI=1S/C28H37NO4/c1-7-24-26(33-28(5,6)31-24)23(18-25(30)32-27(2,3)4)29(19-21-14-10-8-11-15-21)20-22-16-12-9-13-17-22/h7-17,23-24,26H,1,18-20H2,2-6H3/t23-,24-,26+/m1/s1. The number of hydrogen-bond donors (Lipinski definition) is 0. The molecule has 2 aromatic rings. The fourth-order valence-corrected chi connectivity index (χ4v) is 4.23. The predicted molar refractivity (Wildman–Crippen MR) is 130 cm³/mol. The molecule has 5 heteroatoms. The maximum Gasteiger partial charge on any atom is 0.308 e. The summed E-state index contributed by atoms with van der Waals surface area (Å²) in [5.41, 5.74) is 1.77. The monoisotopic (exact) mass is 451 g/mol. The average Bonchev–Trinajstić information content (AvgIpc) is 3.06. The molecule has 0 bridgehead atoms. The molecule has 0 aliphatic carbocycles. The van der Waals surface area contributed by atoms with Gasteiger partial charge in [-0.3, -0.25) is 9.69 Å². The summed E-state index contributed by atoms with van der Waals surface area (Å²) in [4.78, 5) is 15.3. The Morgan fingerprint density at radius 1 is 1.03 bits per heavy atom. The fraction of sp³-hybridized carbons (Fsp3) is 0.464. The highest BCUT2D eigenvalue weighted by Crippen LogP contribution is 2.34. The second-order valence-electron chi connectivity index (χ2n) is 10.0. The van der Waals surface area contributed by atoms with E-state index in [0.717, 1.165) is 11.1 Å². The van der Waals surface area contributed by atoms with Crippen LogP contribution in [0.5, 0.6) is 0 Å². The van der Waals surface area contributed by atoms with Gasteiger partial charge in [0.1, 0.15) is 17.8 Å². The van der Waals surface area contributed by atoms with Crippen LogP contribution in [0.2, 0.25) is 0 Å². The van der Waals surface area contributed by atoms with Crippen molar-refractivity contribution in [3.05, 3.63) is 84.4 Å². The number of nitrogens with zero attached hydrogens (tertiary/aromatic N) is 1. The van der Waals surface area contributed by atoms with E-state index in [1.165, 1.54) is 0 Å². The third-order valence-corrected chi connectivity index (χ3v) is 5.50. The molecule has 1 heterocycles.